The van der Waals surface area contributed by atoms with Crippen molar-refractivity contribution in [2.75, 3.05) is 39.8 Å². The van der Waals surface area contributed by atoms with E-state index < -0.39 is 5.82 Å². The third-order valence-corrected chi connectivity index (χ3v) is 3.32. The summed E-state index contributed by atoms with van der Waals surface area (Å²) >= 11 is 0. The first-order chi connectivity index (χ1) is 9.61. The van der Waals surface area contributed by atoms with Crippen LogP contribution in [0.5, 0.6) is 0 Å². The SMILES string of the molecule is CN1CCN(C(=O)c2ccc(C#CCN)cc2F)CC1. The molecule has 0 atom stereocenters. The highest BCUT2D eigenvalue weighted by Crippen LogP contribution is 2.14. The van der Waals surface area contributed by atoms with Gasteiger partial charge < -0.3 is 15.5 Å². The summed E-state index contributed by atoms with van der Waals surface area (Å²) in [5.41, 5.74) is 5.90. The number of hydrogen-bond acceptors (Lipinski definition) is 3. The summed E-state index contributed by atoms with van der Waals surface area (Å²) in [6.45, 7) is 3.11. The first kappa shape index (κ1) is 14.5. The maximum Gasteiger partial charge on any atom is 0.256 e. The van der Waals surface area contributed by atoms with Crippen molar-refractivity contribution in [3.05, 3.63) is 35.1 Å². The van der Waals surface area contributed by atoms with Crippen LogP contribution in [0, 0.1) is 17.7 Å². The van der Waals surface area contributed by atoms with E-state index in [4.69, 9.17) is 5.73 Å². The molecule has 1 aromatic rings. The lowest BCUT2D eigenvalue weighted by atomic mass is 10.1. The third kappa shape index (κ3) is 3.35. The fourth-order valence-electron chi connectivity index (χ4n) is 2.10. The zero-order valence-electron chi connectivity index (χ0n) is 11.5. The Kier molecular flexibility index (Phi) is 4.72. The second kappa shape index (κ2) is 6.51. The van der Waals surface area contributed by atoms with Gasteiger partial charge in [0.25, 0.3) is 5.91 Å². The Morgan fingerprint density at radius 2 is 2.05 bits per heavy atom. The summed E-state index contributed by atoms with van der Waals surface area (Å²) in [7, 11) is 2.01. The van der Waals surface area contributed by atoms with Gasteiger partial charge in [-0.25, -0.2) is 4.39 Å². The number of rotatable bonds is 1. The number of halogens is 1. The van der Waals surface area contributed by atoms with E-state index in [0.717, 1.165) is 13.1 Å². The van der Waals surface area contributed by atoms with E-state index in [1.807, 2.05) is 7.05 Å². The number of hydrogen-bond donors (Lipinski definition) is 1. The maximum absolute atomic E-state index is 14.0. The Morgan fingerprint density at radius 3 is 2.65 bits per heavy atom. The van der Waals surface area contributed by atoms with Gasteiger partial charge in [-0.05, 0) is 25.2 Å². The molecule has 0 aromatic heterocycles. The summed E-state index contributed by atoms with van der Waals surface area (Å²) < 4.78 is 14.0. The molecule has 0 bridgehead atoms. The van der Waals surface area contributed by atoms with Crippen molar-refractivity contribution >= 4 is 5.91 Å². The van der Waals surface area contributed by atoms with Crippen molar-refractivity contribution in [1.82, 2.24) is 9.80 Å². The molecule has 1 aliphatic rings. The minimum atomic E-state index is -0.530. The fraction of sp³-hybridized carbons (Fsp3) is 0.400. The van der Waals surface area contributed by atoms with Gasteiger partial charge in [0.2, 0.25) is 0 Å². The van der Waals surface area contributed by atoms with E-state index in [1.54, 1.807) is 11.0 Å². The van der Waals surface area contributed by atoms with E-state index in [1.165, 1.54) is 12.1 Å². The molecule has 0 spiro atoms. The largest absolute Gasteiger partial charge is 0.336 e. The van der Waals surface area contributed by atoms with Gasteiger partial charge in [-0.3, -0.25) is 4.79 Å². The van der Waals surface area contributed by atoms with E-state index in [-0.39, 0.29) is 18.0 Å². The predicted molar refractivity (Wildman–Crippen MR) is 75.7 cm³/mol. The first-order valence-electron chi connectivity index (χ1n) is 6.58. The van der Waals surface area contributed by atoms with Crippen molar-refractivity contribution in [3.63, 3.8) is 0 Å². The molecule has 2 N–H and O–H groups in total. The number of nitrogens with zero attached hydrogens (tertiary/aromatic N) is 2. The van der Waals surface area contributed by atoms with E-state index in [0.29, 0.717) is 18.7 Å². The number of likely N-dealkylation sites (N-methyl/N-ethyl adjacent to an activating group) is 1. The van der Waals surface area contributed by atoms with Gasteiger partial charge in [0.1, 0.15) is 5.82 Å². The number of piperazine rings is 1. The molecule has 1 amide bonds. The summed E-state index contributed by atoms with van der Waals surface area (Å²) in [4.78, 5) is 16.1. The van der Waals surface area contributed by atoms with Crippen LogP contribution in [0.1, 0.15) is 15.9 Å². The molecule has 0 saturated carbocycles. The van der Waals surface area contributed by atoms with E-state index >= 15 is 0 Å². The van der Waals surface area contributed by atoms with Crippen LogP contribution >= 0.6 is 0 Å². The number of nitrogens with two attached hydrogens (primary N) is 1. The van der Waals surface area contributed by atoms with Crippen molar-refractivity contribution in [1.29, 1.82) is 0 Å². The zero-order valence-corrected chi connectivity index (χ0v) is 11.5. The Morgan fingerprint density at radius 1 is 1.35 bits per heavy atom. The van der Waals surface area contributed by atoms with Gasteiger partial charge in [0, 0.05) is 31.7 Å². The fourth-order valence-corrected chi connectivity index (χ4v) is 2.10. The lowest BCUT2D eigenvalue weighted by Crippen LogP contribution is -2.47. The average Bonchev–Trinajstić information content (AvgIpc) is 2.45. The van der Waals surface area contributed by atoms with Gasteiger partial charge in [0.15, 0.2) is 0 Å². The molecule has 0 radical (unpaired) electrons. The van der Waals surface area contributed by atoms with Crippen LogP contribution in [0.4, 0.5) is 4.39 Å². The molecule has 0 aliphatic carbocycles. The molecule has 5 heteroatoms. The molecule has 0 unspecified atom stereocenters. The van der Waals surface area contributed by atoms with Gasteiger partial charge in [-0.1, -0.05) is 11.8 Å². The predicted octanol–water partition coefficient (Wildman–Crippen LogP) is 0.523. The summed E-state index contributed by atoms with van der Waals surface area (Å²) in [6.07, 6.45) is 0. The zero-order chi connectivity index (χ0) is 14.5. The second-order valence-corrected chi connectivity index (χ2v) is 4.80. The Balaban J connectivity index is 2.14. The van der Waals surface area contributed by atoms with Crippen LogP contribution < -0.4 is 5.73 Å². The number of carbonyl (C=O) groups excluding carboxylic acids is 1. The molecule has 1 heterocycles. The Hall–Kier alpha value is -1.90. The standard InChI is InChI=1S/C15H18FN3O/c1-18-7-9-19(10-8-18)15(20)13-5-4-12(3-2-6-17)11-14(13)16/h4-5,11H,6-10,17H2,1H3. The molecule has 2 rings (SSSR count). The van der Waals surface area contributed by atoms with Gasteiger partial charge in [-0.2, -0.15) is 0 Å². The molecular weight excluding hydrogens is 257 g/mol. The van der Waals surface area contributed by atoms with Crippen LogP contribution in [0.2, 0.25) is 0 Å². The quantitative estimate of drug-likeness (QED) is 0.760. The summed E-state index contributed by atoms with van der Waals surface area (Å²) in [5.74, 6) is 4.62. The van der Waals surface area contributed by atoms with Crippen LogP contribution in [-0.4, -0.2) is 55.5 Å². The van der Waals surface area contributed by atoms with Gasteiger partial charge >= 0.3 is 0 Å². The van der Waals surface area contributed by atoms with Crippen LogP contribution in [-0.2, 0) is 0 Å². The summed E-state index contributed by atoms with van der Waals surface area (Å²) in [5, 5.41) is 0. The molecule has 4 nitrogen and oxygen atoms in total. The molecule has 1 aromatic carbocycles. The topological polar surface area (TPSA) is 49.6 Å². The summed E-state index contributed by atoms with van der Waals surface area (Å²) in [6, 6.07) is 4.43. The highest BCUT2D eigenvalue weighted by molar-refractivity contribution is 5.94. The molecule has 20 heavy (non-hydrogen) atoms. The van der Waals surface area contributed by atoms with Crippen molar-refractivity contribution in [2.45, 2.75) is 0 Å². The maximum atomic E-state index is 14.0. The molecule has 1 aliphatic heterocycles. The first-order valence-corrected chi connectivity index (χ1v) is 6.58. The second-order valence-electron chi connectivity index (χ2n) is 4.80. The number of benzene rings is 1. The molecule has 1 saturated heterocycles. The van der Waals surface area contributed by atoms with Crippen LogP contribution in [0.3, 0.4) is 0 Å². The van der Waals surface area contributed by atoms with Gasteiger partial charge in [-0.15, -0.1) is 0 Å². The van der Waals surface area contributed by atoms with E-state index in [9.17, 15) is 9.18 Å². The van der Waals surface area contributed by atoms with Crippen molar-refractivity contribution in [2.24, 2.45) is 5.73 Å². The van der Waals surface area contributed by atoms with E-state index in [2.05, 4.69) is 16.7 Å². The lowest BCUT2D eigenvalue weighted by molar-refractivity contribution is 0.0659. The highest BCUT2D eigenvalue weighted by atomic mass is 19.1. The normalized spacial score (nSPS) is 15.7. The highest BCUT2D eigenvalue weighted by Gasteiger charge is 2.22. The lowest BCUT2D eigenvalue weighted by Gasteiger charge is -2.32. The van der Waals surface area contributed by atoms with Crippen LogP contribution in [0.15, 0.2) is 18.2 Å². The molecular formula is C15H18FN3O. The van der Waals surface area contributed by atoms with Crippen molar-refractivity contribution < 1.29 is 9.18 Å². The van der Waals surface area contributed by atoms with Gasteiger partial charge in [0.05, 0.1) is 12.1 Å². The van der Waals surface area contributed by atoms with Crippen LogP contribution in [0.25, 0.3) is 0 Å². The average molecular weight is 275 g/mol. The third-order valence-electron chi connectivity index (χ3n) is 3.32. The molecule has 106 valence electrons. The smallest absolute Gasteiger partial charge is 0.256 e. The minimum absolute atomic E-state index is 0.104. The molecule has 1 fully saturated rings. The Labute approximate surface area is 118 Å². The minimum Gasteiger partial charge on any atom is -0.336 e. The van der Waals surface area contributed by atoms with Crippen molar-refractivity contribution in [3.8, 4) is 11.8 Å². The number of carbonyl (C=O) groups is 1. The number of amides is 1. The Bertz CT molecular complexity index is 554. The monoisotopic (exact) mass is 275 g/mol.